The number of H-pyrrole nitrogens is 1. The smallest absolute Gasteiger partial charge is 0.317 e. The number of aromatic nitrogens is 2. The Hall–Kier alpha value is -1.82. The van der Waals surface area contributed by atoms with Crippen molar-refractivity contribution < 1.29 is 4.79 Å². The van der Waals surface area contributed by atoms with E-state index in [-0.39, 0.29) is 12.1 Å². The van der Waals surface area contributed by atoms with Gasteiger partial charge in [-0.3, -0.25) is 5.10 Å². The van der Waals surface area contributed by atoms with E-state index in [0.29, 0.717) is 12.5 Å². The number of rotatable bonds is 5. The van der Waals surface area contributed by atoms with Crippen LogP contribution in [0.15, 0.2) is 29.9 Å². The van der Waals surface area contributed by atoms with Gasteiger partial charge in [-0.2, -0.15) is 5.10 Å². The maximum absolute atomic E-state index is 12.6. The summed E-state index contributed by atoms with van der Waals surface area (Å²) in [5, 5.41) is 12.1. The highest BCUT2D eigenvalue weighted by molar-refractivity contribution is 7.09. The quantitative estimate of drug-likeness (QED) is 0.879. The van der Waals surface area contributed by atoms with Crippen molar-refractivity contribution in [2.24, 2.45) is 5.92 Å². The molecule has 0 unspecified atom stereocenters. The van der Waals surface area contributed by atoms with E-state index in [2.05, 4.69) is 40.0 Å². The molecule has 1 fully saturated rings. The second kappa shape index (κ2) is 7.64. The number of nitrogens with zero attached hydrogens (tertiary/aromatic N) is 2. The Labute approximate surface area is 141 Å². The second-order valence-corrected chi connectivity index (χ2v) is 7.34. The van der Waals surface area contributed by atoms with Gasteiger partial charge in [0.2, 0.25) is 0 Å². The van der Waals surface area contributed by atoms with Crippen molar-refractivity contribution in [3.05, 3.63) is 40.3 Å². The third kappa shape index (κ3) is 4.13. The predicted octanol–water partition coefficient (Wildman–Crippen LogP) is 3.59. The topological polar surface area (TPSA) is 61.0 Å². The summed E-state index contributed by atoms with van der Waals surface area (Å²) in [7, 11) is 0. The van der Waals surface area contributed by atoms with Gasteiger partial charge in [0.25, 0.3) is 0 Å². The lowest BCUT2D eigenvalue weighted by atomic mass is 9.98. The lowest BCUT2D eigenvalue weighted by Crippen LogP contribution is -2.45. The van der Waals surface area contributed by atoms with Crippen LogP contribution in [0.2, 0.25) is 0 Å². The molecule has 1 aliphatic rings. The van der Waals surface area contributed by atoms with Crippen molar-refractivity contribution in [2.75, 3.05) is 13.1 Å². The van der Waals surface area contributed by atoms with Crippen LogP contribution in [0.25, 0.3) is 0 Å². The minimum atomic E-state index is 0.0499. The molecule has 2 aromatic heterocycles. The zero-order valence-corrected chi connectivity index (χ0v) is 14.3. The van der Waals surface area contributed by atoms with Crippen LogP contribution in [0.1, 0.15) is 42.7 Å². The first-order chi connectivity index (χ1) is 11.2. The van der Waals surface area contributed by atoms with Gasteiger partial charge in [-0.05, 0) is 43.0 Å². The number of hydrogen-bond donors (Lipinski definition) is 2. The van der Waals surface area contributed by atoms with E-state index >= 15 is 0 Å². The monoisotopic (exact) mass is 332 g/mol. The predicted molar refractivity (Wildman–Crippen MR) is 92.5 cm³/mol. The Bertz CT molecular complexity index is 596. The number of amides is 2. The summed E-state index contributed by atoms with van der Waals surface area (Å²) in [6.07, 6.45) is 7.99. The molecule has 0 aliphatic carbocycles. The number of nitrogens with one attached hydrogen (secondary N) is 2. The summed E-state index contributed by atoms with van der Waals surface area (Å²) in [6.45, 7) is 3.72. The normalized spacial score (nSPS) is 19.5. The number of carbonyl (C=O) groups is 1. The van der Waals surface area contributed by atoms with Gasteiger partial charge in [0.05, 0.1) is 12.2 Å². The van der Waals surface area contributed by atoms with E-state index in [9.17, 15) is 4.79 Å². The number of hydrogen-bond acceptors (Lipinski definition) is 3. The van der Waals surface area contributed by atoms with Crippen molar-refractivity contribution in [3.63, 3.8) is 0 Å². The van der Waals surface area contributed by atoms with Crippen LogP contribution < -0.4 is 5.32 Å². The van der Waals surface area contributed by atoms with Gasteiger partial charge in [0.15, 0.2) is 0 Å². The van der Waals surface area contributed by atoms with Gasteiger partial charge in [-0.25, -0.2) is 4.79 Å². The first kappa shape index (κ1) is 16.1. The number of aromatic amines is 1. The number of urea groups is 1. The molecular weight excluding hydrogens is 308 g/mol. The molecule has 3 heterocycles. The average Bonchev–Trinajstić information content (AvgIpc) is 3.26. The van der Waals surface area contributed by atoms with Crippen LogP contribution in [0, 0.1) is 5.92 Å². The Kier molecular flexibility index (Phi) is 5.33. The first-order valence-electron chi connectivity index (χ1n) is 8.29. The summed E-state index contributed by atoms with van der Waals surface area (Å²) in [5.74, 6) is 0.440. The molecule has 0 bridgehead atoms. The van der Waals surface area contributed by atoms with E-state index in [1.807, 2.05) is 17.3 Å². The molecule has 2 atom stereocenters. The largest absolute Gasteiger partial charge is 0.338 e. The Morgan fingerprint density at radius 2 is 2.48 bits per heavy atom. The van der Waals surface area contributed by atoms with Gasteiger partial charge in [0, 0.05) is 29.7 Å². The average molecular weight is 332 g/mol. The molecule has 5 nitrogen and oxygen atoms in total. The van der Waals surface area contributed by atoms with Crippen LogP contribution >= 0.6 is 11.3 Å². The Balaban J connectivity index is 1.53. The van der Waals surface area contributed by atoms with Gasteiger partial charge >= 0.3 is 6.03 Å². The van der Waals surface area contributed by atoms with Gasteiger partial charge in [-0.15, -0.1) is 11.3 Å². The lowest BCUT2D eigenvalue weighted by Gasteiger charge is -2.35. The summed E-state index contributed by atoms with van der Waals surface area (Å²) >= 11 is 1.78. The first-order valence-corrected chi connectivity index (χ1v) is 9.17. The minimum Gasteiger partial charge on any atom is -0.338 e. The fourth-order valence-corrected chi connectivity index (χ4v) is 4.04. The molecule has 0 saturated carbocycles. The zero-order chi connectivity index (χ0) is 16.1. The van der Waals surface area contributed by atoms with Crippen molar-refractivity contribution in [3.8, 4) is 0 Å². The fourth-order valence-electron chi connectivity index (χ4n) is 3.17. The SMILES string of the molecule is C[C@H](CNC(=O)N1CCCC[C@H]1c1cn[nH]c1)Cc1cccs1. The maximum atomic E-state index is 12.6. The number of thiophene rings is 1. The van der Waals surface area contributed by atoms with E-state index in [4.69, 9.17) is 0 Å². The molecule has 2 aromatic rings. The van der Waals surface area contributed by atoms with Crippen molar-refractivity contribution in [1.82, 2.24) is 20.4 Å². The summed E-state index contributed by atoms with van der Waals surface area (Å²) in [4.78, 5) is 15.9. The van der Waals surface area contributed by atoms with Crippen LogP contribution in [0.4, 0.5) is 4.79 Å². The standard InChI is InChI=1S/C17H24N4OS/c1-13(9-15-5-4-8-23-15)10-18-17(22)21-7-3-2-6-16(21)14-11-19-20-12-14/h4-5,8,11-13,16H,2-3,6-7,9-10H2,1H3,(H,18,22)(H,19,20)/t13-,16-/m0/s1. The molecule has 2 amide bonds. The summed E-state index contributed by atoms with van der Waals surface area (Å²) in [5.41, 5.74) is 1.10. The minimum absolute atomic E-state index is 0.0499. The molecule has 23 heavy (non-hydrogen) atoms. The van der Waals surface area contributed by atoms with Crippen LogP contribution in [0.3, 0.4) is 0 Å². The number of piperidine rings is 1. The Morgan fingerprint density at radius 1 is 1.57 bits per heavy atom. The molecule has 3 rings (SSSR count). The van der Waals surface area contributed by atoms with Gasteiger partial charge in [-0.1, -0.05) is 13.0 Å². The molecule has 6 heteroatoms. The van der Waals surface area contributed by atoms with Gasteiger partial charge in [0.1, 0.15) is 0 Å². The molecule has 0 spiro atoms. The molecule has 2 N–H and O–H groups in total. The third-order valence-electron chi connectivity index (χ3n) is 4.40. The van der Waals surface area contributed by atoms with Crippen molar-refractivity contribution >= 4 is 17.4 Å². The van der Waals surface area contributed by atoms with Gasteiger partial charge < -0.3 is 10.2 Å². The third-order valence-corrected chi connectivity index (χ3v) is 5.30. The van der Waals surface area contributed by atoms with Crippen LogP contribution in [-0.2, 0) is 6.42 Å². The van der Waals surface area contributed by atoms with E-state index in [1.165, 1.54) is 4.88 Å². The summed E-state index contributed by atoms with van der Waals surface area (Å²) < 4.78 is 0. The number of likely N-dealkylation sites (tertiary alicyclic amines) is 1. The van der Waals surface area contributed by atoms with E-state index in [1.54, 1.807) is 11.3 Å². The zero-order valence-electron chi connectivity index (χ0n) is 13.5. The summed E-state index contributed by atoms with van der Waals surface area (Å²) in [6, 6.07) is 4.43. The molecule has 124 valence electrons. The maximum Gasteiger partial charge on any atom is 0.317 e. The molecular formula is C17H24N4OS. The van der Waals surface area contributed by atoms with Crippen molar-refractivity contribution in [1.29, 1.82) is 0 Å². The van der Waals surface area contributed by atoms with Crippen molar-refractivity contribution in [2.45, 2.75) is 38.6 Å². The molecule has 0 aromatic carbocycles. The highest BCUT2D eigenvalue weighted by atomic mass is 32.1. The second-order valence-electron chi connectivity index (χ2n) is 6.31. The van der Waals surface area contributed by atoms with Crippen LogP contribution in [0.5, 0.6) is 0 Å². The fraction of sp³-hybridized carbons (Fsp3) is 0.529. The Morgan fingerprint density at radius 3 is 3.22 bits per heavy atom. The van der Waals surface area contributed by atoms with Crippen LogP contribution in [-0.4, -0.2) is 34.2 Å². The lowest BCUT2D eigenvalue weighted by molar-refractivity contribution is 0.150. The molecule has 0 radical (unpaired) electrons. The molecule has 1 aliphatic heterocycles. The van der Waals surface area contributed by atoms with E-state index in [0.717, 1.165) is 37.8 Å². The number of carbonyl (C=O) groups excluding carboxylic acids is 1. The highest BCUT2D eigenvalue weighted by Gasteiger charge is 2.28. The molecule has 1 saturated heterocycles. The van der Waals surface area contributed by atoms with E-state index < -0.39 is 0 Å². The highest BCUT2D eigenvalue weighted by Crippen LogP contribution is 2.30.